The maximum absolute atomic E-state index is 12.8. The molecule has 0 radical (unpaired) electrons. The summed E-state index contributed by atoms with van der Waals surface area (Å²) >= 11 is 0. The van der Waals surface area contributed by atoms with Gasteiger partial charge in [-0.15, -0.1) is 0 Å². The Morgan fingerprint density at radius 3 is 2.46 bits per heavy atom. The molecule has 148 valence electrons. The zero-order chi connectivity index (χ0) is 19.9. The number of ketones is 1. The van der Waals surface area contributed by atoms with Crippen molar-refractivity contribution in [2.75, 3.05) is 26.2 Å². The third-order valence-electron chi connectivity index (χ3n) is 5.48. The van der Waals surface area contributed by atoms with Gasteiger partial charge in [-0.2, -0.15) is 0 Å². The number of hydrogen-bond acceptors (Lipinski definition) is 3. The topological polar surface area (TPSA) is 29.5 Å². The maximum atomic E-state index is 12.8. The molecule has 3 rings (SSSR count). The predicted molar refractivity (Wildman–Crippen MR) is 116 cm³/mol. The van der Waals surface area contributed by atoms with Crippen molar-refractivity contribution in [2.24, 2.45) is 0 Å². The van der Waals surface area contributed by atoms with Gasteiger partial charge in [-0.25, -0.2) is 0 Å². The lowest BCUT2D eigenvalue weighted by molar-refractivity contribution is 0.104. The number of benzene rings is 2. The number of rotatable bonds is 8. The summed E-state index contributed by atoms with van der Waals surface area (Å²) in [4.78, 5) is 15.3. The van der Waals surface area contributed by atoms with Crippen LogP contribution in [0.25, 0.3) is 6.08 Å². The van der Waals surface area contributed by atoms with E-state index >= 15 is 0 Å². The van der Waals surface area contributed by atoms with Gasteiger partial charge >= 0.3 is 0 Å². The molecule has 3 nitrogen and oxygen atoms in total. The molecular formula is C25H31NO2. The van der Waals surface area contributed by atoms with E-state index in [4.69, 9.17) is 4.74 Å². The van der Waals surface area contributed by atoms with Crippen molar-refractivity contribution < 1.29 is 9.53 Å². The van der Waals surface area contributed by atoms with Gasteiger partial charge in [-0.05, 0) is 86.7 Å². The number of allylic oxidation sites excluding steroid dienone is 1. The summed E-state index contributed by atoms with van der Waals surface area (Å²) in [6, 6.07) is 12.2. The first-order valence-electron chi connectivity index (χ1n) is 10.3. The fourth-order valence-electron chi connectivity index (χ4n) is 3.96. The molecule has 1 heterocycles. The Kier molecular flexibility index (Phi) is 7.05. The van der Waals surface area contributed by atoms with Crippen LogP contribution in [-0.4, -0.2) is 36.9 Å². The summed E-state index contributed by atoms with van der Waals surface area (Å²) in [6.07, 6.45) is 7.17. The Morgan fingerprint density at radius 1 is 1.11 bits per heavy atom. The smallest absolute Gasteiger partial charge is 0.186 e. The second-order valence-electron chi connectivity index (χ2n) is 7.58. The van der Waals surface area contributed by atoms with Crippen LogP contribution in [-0.2, 0) is 6.42 Å². The molecular weight excluding hydrogens is 346 g/mol. The van der Waals surface area contributed by atoms with Crippen molar-refractivity contribution >= 4 is 11.9 Å². The molecule has 1 aliphatic rings. The zero-order valence-electron chi connectivity index (χ0n) is 17.3. The highest BCUT2D eigenvalue weighted by molar-refractivity contribution is 6.08. The van der Waals surface area contributed by atoms with Gasteiger partial charge in [0.2, 0.25) is 0 Å². The van der Waals surface area contributed by atoms with Crippen molar-refractivity contribution in [1.82, 2.24) is 4.90 Å². The highest BCUT2D eigenvalue weighted by Gasteiger charge is 2.13. The lowest BCUT2D eigenvalue weighted by Gasteiger charge is -2.16. The fraction of sp³-hybridized carbons (Fsp3) is 0.400. The number of nitrogens with zero attached hydrogens (tertiary/aromatic N) is 1. The monoisotopic (exact) mass is 377 g/mol. The van der Waals surface area contributed by atoms with Crippen molar-refractivity contribution in [2.45, 2.75) is 40.0 Å². The molecule has 0 unspecified atom stereocenters. The first kappa shape index (κ1) is 20.3. The Bertz CT molecular complexity index is 824. The Hall–Kier alpha value is -2.39. The van der Waals surface area contributed by atoms with E-state index in [0.717, 1.165) is 41.0 Å². The van der Waals surface area contributed by atoms with Gasteiger partial charge in [0.25, 0.3) is 0 Å². The zero-order valence-corrected chi connectivity index (χ0v) is 17.3. The standard InChI is InChI=1S/C25H31NO2/c1-4-21-9-5-6-10-22(21)11-12-24(27)25-19(2)17-23(18-20(25)3)28-16-15-26-13-7-8-14-26/h5-6,9-12,17-18H,4,7-8,13-16H2,1-3H3. The lowest BCUT2D eigenvalue weighted by atomic mass is 9.97. The van der Waals surface area contributed by atoms with Gasteiger partial charge in [0.15, 0.2) is 5.78 Å². The normalized spacial score (nSPS) is 14.7. The predicted octanol–water partition coefficient (Wildman–Crippen LogP) is 5.24. The van der Waals surface area contributed by atoms with Crippen LogP contribution in [0.4, 0.5) is 0 Å². The van der Waals surface area contributed by atoms with E-state index in [-0.39, 0.29) is 5.78 Å². The van der Waals surface area contributed by atoms with E-state index in [1.54, 1.807) is 6.08 Å². The van der Waals surface area contributed by atoms with Crippen molar-refractivity contribution in [3.63, 3.8) is 0 Å². The molecule has 2 aromatic carbocycles. The van der Waals surface area contributed by atoms with Crippen LogP contribution in [0.5, 0.6) is 5.75 Å². The molecule has 3 heteroatoms. The molecule has 1 fully saturated rings. The molecule has 0 bridgehead atoms. The van der Waals surface area contributed by atoms with E-state index in [1.165, 1.54) is 31.5 Å². The molecule has 0 saturated carbocycles. The summed E-state index contributed by atoms with van der Waals surface area (Å²) in [5.41, 5.74) is 5.07. The highest BCUT2D eigenvalue weighted by Crippen LogP contribution is 2.23. The van der Waals surface area contributed by atoms with Crippen LogP contribution in [0.15, 0.2) is 42.5 Å². The van der Waals surface area contributed by atoms with E-state index in [0.29, 0.717) is 6.61 Å². The maximum Gasteiger partial charge on any atom is 0.186 e. The van der Waals surface area contributed by atoms with Gasteiger partial charge in [-0.1, -0.05) is 37.3 Å². The first-order chi connectivity index (χ1) is 13.6. The summed E-state index contributed by atoms with van der Waals surface area (Å²) in [5, 5.41) is 0. The lowest BCUT2D eigenvalue weighted by Crippen LogP contribution is -2.25. The van der Waals surface area contributed by atoms with Crippen LogP contribution in [0, 0.1) is 13.8 Å². The SMILES string of the molecule is CCc1ccccc1C=CC(=O)c1c(C)cc(OCCN2CCCC2)cc1C. The summed E-state index contributed by atoms with van der Waals surface area (Å²) in [6.45, 7) is 10.1. The molecule has 0 spiro atoms. The molecule has 0 amide bonds. The van der Waals surface area contributed by atoms with E-state index < -0.39 is 0 Å². The Labute approximate surface area is 169 Å². The molecule has 0 aromatic heterocycles. The molecule has 2 aromatic rings. The van der Waals surface area contributed by atoms with E-state index in [9.17, 15) is 4.79 Å². The van der Waals surface area contributed by atoms with Crippen LogP contribution in [0.1, 0.15) is 52.4 Å². The van der Waals surface area contributed by atoms with Crippen molar-refractivity contribution in [1.29, 1.82) is 0 Å². The average Bonchev–Trinajstić information content (AvgIpc) is 3.19. The third-order valence-corrected chi connectivity index (χ3v) is 5.48. The summed E-state index contributed by atoms with van der Waals surface area (Å²) in [7, 11) is 0. The van der Waals surface area contributed by atoms with Crippen LogP contribution < -0.4 is 4.74 Å². The number of likely N-dealkylation sites (tertiary alicyclic amines) is 1. The molecule has 1 saturated heterocycles. The van der Waals surface area contributed by atoms with Crippen molar-refractivity contribution in [3.8, 4) is 5.75 Å². The molecule has 1 aliphatic heterocycles. The highest BCUT2D eigenvalue weighted by atomic mass is 16.5. The molecule has 0 atom stereocenters. The fourth-order valence-corrected chi connectivity index (χ4v) is 3.96. The molecule has 0 N–H and O–H groups in total. The minimum Gasteiger partial charge on any atom is -0.492 e. The number of aryl methyl sites for hydroxylation is 3. The Morgan fingerprint density at radius 2 is 1.79 bits per heavy atom. The van der Waals surface area contributed by atoms with Crippen molar-refractivity contribution in [3.05, 3.63) is 70.3 Å². The van der Waals surface area contributed by atoms with Gasteiger partial charge in [-0.3, -0.25) is 9.69 Å². The Balaban J connectivity index is 1.67. The van der Waals surface area contributed by atoms with Gasteiger partial charge < -0.3 is 4.74 Å². The van der Waals surface area contributed by atoms with E-state index in [1.807, 2.05) is 44.2 Å². The number of hydrogen-bond donors (Lipinski definition) is 0. The minimum atomic E-state index is 0.0459. The average molecular weight is 378 g/mol. The molecule has 28 heavy (non-hydrogen) atoms. The second kappa shape index (κ2) is 9.70. The minimum absolute atomic E-state index is 0.0459. The number of carbonyl (C=O) groups excluding carboxylic acids is 1. The summed E-state index contributed by atoms with van der Waals surface area (Å²) in [5.74, 6) is 0.899. The number of carbonyl (C=O) groups is 1. The van der Waals surface area contributed by atoms with Gasteiger partial charge in [0.05, 0.1) is 0 Å². The summed E-state index contributed by atoms with van der Waals surface area (Å²) < 4.78 is 5.95. The van der Waals surface area contributed by atoms with Gasteiger partial charge in [0, 0.05) is 12.1 Å². The van der Waals surface area contributed by atoms with E-state index in [2.05, 4.69) is 24.0 Å². The second-order valence-corrected chi connectivity index (χ2v) is 7.58. The van der Waals surface area contributed by atoms with Crippen LogP contribution in [0.3, 0.4) is 0 Å². The molecule has 0 aliphatic carbocycles. The van der Waals surface area contributed by atoms with Crippen LogP contribution in [0.2, 0.25) is 0 Å². The number of ether oxygens (including phenoxy) is 1. The quantitative estimate of drug-likeness (QED) is 0.466. The van der Waals surface area contributed by atoms with Crippen LogP contribution >= 0.6 is 0 Å². The largest absolute Gasteiger partial charge is 0.492 e. The first-order valence-corrected chi connectivity index (χ1v) is 10.3. The van der Waals surface area contributed by atoms with Gasteiger partial charge in [0.1, 0.15) is 12.4 Å². The third kappa shape index (κ3) is 5.11.